The molecule has 1 aliphatic rings. The minimum absolute atomic E-state index is 0.212. The number of allylic oxidation sites excluding steroid dienone is 5. The molecule has 0 saturated heterocycles. The first-order chi connectivity index (χ1) is 12.1. The number of benzene rings is 1. The zero-order valence-corrected chi connectivity index (χ0v) is 14.1. The first-order valence-electron chi connectivity index (χ1n) is 8.12. The summed E-state index contributed by atoms with van der Waals surface area (Å²) in [5.41, 5.74) is 9.27. The van der Waals surface area contributed by atoms with Crippen molar-refractivity contribution in [2.75, 3.05) is 0 Å². The van der Waals surface area contributed by atoms with Gasteiger partial charge in [-0.3, -0.25) is 4.79 Å². The minimum Gasteiger partial charge on any atom is -0.354 e. The molecule has 4 rings (SSSR count). The van der Waals surface area contributed by atoms with Crippen molar-refractivity contribution in [3.05, 3.63) is 87.6 Å². The maximum Gasteiger partial charge on any atom is 0.273 e. The molecule has 0 spiro atoms. The van der Waals surface area contributed by atoms with Gasteiger partial charge < -0.3 is 4.98 Å². The zero-order chi connectivity index (χ0) is 17.4. The van der Waals surface area contributed by atoms with Crippen LogP contribution in [-0.4, -0.2) is 15.2 Å². The number of aromatic nitrogens is 3. The van der Waals surface area contributed by atoms with Gasteiger partial charge in [-0.15, -0.1) is 5.73 Å². The molecule has 0 radical (unpaired) electrons. The lowest BCUT2D eigenvalue weighted by Gasteiger charge is -2.03. The molecule has 0 atom stereocenters. The van der Waals surface area contributed by atoms with E-state index in [1.165, 1.54) is 11.1 Å². The van der Waals surface area contributed by atoms with Crippen LogP contribution >= 0.6 is 0 Å². The predicted molar refractivity (Wildman–Crippen MR) is 101 cm³/mol. The molecule has 1 aliphatic carbocycles. The minimum atomic E-state index is -0.212. The lowest BCUT2D eigenvalue weighted by Crippen LogP contribution is -2.12. The maximum absolute atomic E-state index is 12.3. The van der Waals surface area contributed by atoms with Crippen molar-refractivity contribution in [1.82, 2.24) is 15.2 Å². The van der Waals surface area contributed by atoms with E-state index >= 15 is 0 Å². The first-order valence-corrected chi connectivity index (χ1v) is 8.12. The van der Waals surface area contributed by atoms with Crippen LogP contribution in [-0.2, 0) is 0 Å². The molecule has 2 N–H and O–H groups in total. The number of rotatable bonds is 2. The van der Waals surface area contributed by atoms with Crippen LogP contribution in [0.3, 0.4) is 0 Å². The van der Waals surface area contributed by atoms with Gasteiger partial charge in [0.2, 0.25) is 0 Å². The van der Waals surface area contributed by atoms with Crippen molar-refractivity contribution >= 4 is 16.5 Å². The van der Waals surface area contributed by atoms with E-state index in [1.54, 1.807) is 0 Å². The Morgan fingerprint density at radius 3 is 2.76 bits per heavy atom. The third-order valence-corrected chi connectivity index (χ3v) is 4.45. The van der Waals surface area contributed by atoms with Crippen LogP contribution in [0.2, 0.25) is 0 Å². The molecule has 4 heteroatoms. The van der Waals surface area contributed by atoms with E-state index in [2.05, 4.69) is 46.9 Å². The summed E-state index contributed by atoms with van der Waals surface area (Å²) in [6.07, 6.45) is 9.42. The standard InChI is InChI=1S/C21H17N3O/c1-13-9-16-11-20(22-18(16)10-14(13)2)17-12-19(23-24-21(17)25)15-7-5-3-4-6-8-15/h3,5-12,22H,1-2H3,(H,24,25). The molecule has 122 valence electrons. The SMILES string of the molecule is Cc1cc2cc(-c3cc(C4=CC=C=CC=C4)n[nH]c3=O)[nH]c2cc1C. The van der Waals surface area contributed by atoms with Gasteiger partial charge in [-0.25, -0.2) is 5.10 Å². The third kappa shape index (κ3) is 2.80. The summed E-state index contributed by atoms with van der Waals surface area (Å²) in [7, 11) is 0. The van der Waals surface area contributed by atoms with Crippen molar-refractivity contribution in [3.63, 3.8) is 0 Å². The largest absolute Gasteiger partial charge is 0.354 e. The Morgan fingerprint density at radius 2 is 1.88 bits per heavy atom. The summed E-state index contributed by atoms with van der Waals surface area (Å²) >= 11 is 0. The van der Waals surface area contributed by atoms with Crippen LogP contribution in [0.15, 0.2) is 65.2 Å². The van der Waals surface area contributed by atoms with Crippen LogP contribution in [0.1, 0.15) is 16.8 Å². The van der Waals surface area contributed by atoms with E-state index in [-0.39, 0.29) is 5.56 Å². The zero-order valence-electron chi connectivity index (χ0n) is 14.1. The second-order valence-electron chi connectivity index (χ2n) is 6.18. The summed E-state index contributed by atoms with van der Waals surface area (Å²) < 4.78 is 0. The average Bonchev–Trinajstić information content (AvgIpc) is 2.82. The fourth-order valence-electron chi connectivity index (χ4n) is 2.93. The molecular formula is C21H17N3O. The van der Waals surface area contributed by atoms with Crippen molar-refractivity contribution in [1.29, 1.82) is 0 Å². The van der Waals surface area contributed by atoms with Crippen molar-refractivity contribution in [3.8, 4) is 11.3 Å². The first kappa shape index (κ1) is 15.2. The van der Waals surface area contributed by atoms with Crippen molar-refractivity contribution in [2.24, 2.45) is 0 Å². The maximum atomic E-state index is 12.3. The fourth-order valence-corrected chi connectivity index (χ4v) is 2.93. The fraction of sp³-hybridized carbons (Fsp3) is 0.0952. The van der Waals surface area contributed by atoms with Gasteiger partial charge in [0.25, 0.3) is 5.56 Å². The molecule has 1 aromatic carbocycles. The summed E-state index contributed by atoms with van der Waals surface area (Å²) in [5, 5.41) is 7.88. The van der Waals surface area contributed by atoms with Gasteiger partial charge in [-0.2, -0.15) is 5.10 Å². The summed E-state index contributed by atoms with van der Waals surface area (Å²) in [6.45, 7) is 4.17. The van der Waals surface area contributed by atoms with E-state index in [1.807, 2.05) is 42.5 Å². The van der Waals surface area contributed by atoms with Gasteiger partial charge in [0.15, 0.2) is 0 Å². The van der Waals surface area contributed by atoms with Gasteiger partial charge in [-0.1, -0.05) is 12.2 Å². The molecule has 0 aliphatic heterocycles. The summed E-state index contributed by atoms with van der Waals surface area (Å²) in [6, 6.07) is 8.07. The Hall–Kier alpha value is -3.36. The van der Waals surface area contributed by atoms with Crippen molar-refractivity contribution in [2.45, 2.75) is 13.8 Å². The number of aryl methyl sites for hydroxylation is 2. The molecule has 0 amide bonds. The number of nitrogens with one attached hydrogen (secondary N) is 2. The van der Waals surface area contributed by atoms with Gasteiger partial charge in [0.05, 0.1) is 17.0 Å². The number of hydrogen-bond acceptors (Lipinski definition) is 2. The normalized spacial score (nSPS) is 13.3. The number of H-pyrrole nitrogens is 2. The van der Waals surface area contributed by atoms with Gasteiger partial charge >= 0.3 is 0 Å². The molecule has 25 heavy (non-hydrogen) atoms. The second-order valence-corrected chi connectivity index (χ2v) is 6.18. The van der Waals surface area contributed by atoms with E-state index in [9.17, 15) is 4.79 Å². The number of fused-ring (bicyclic) bond motifs is 1. The molecule has 0 bridgehead atoms. The second kappa shape index (κ2) is 5.93. The number of hydrogen-bond donors (Lipinski definition) is 2. The Morgan fingerprint density at radius 1 is 1.04 bits per heavy atom. The molecule has 0 fully saturated rings. The Bertz CT molecular complexity index is 1130. The van der Waals surface area contributed by atoms with E-state index in [0.29, 0.717) is 11.3 Å². The predicted octanol–water partition coefficient (Wildman–Crippen LogP) is 4.20. The highest BCUT2D eigenvalue weighted by Gasteiger charge is 2.11. The topological polar surface area (TPSA) is 61.5 Å². The number of aromatic amines is 2. The molecular weight excluding hydrogens is 310 g/mol. The smallest absolute Gasteiger partial charge is 0.273 e. The van der Waals surface area contributed by atoms with Crippen LogP contribution in [0.4, 0.5) is 0 Å². The van der Waals surface area contributed by atoms with Crippen LogP contribution < -0.4 is 5.56 Å². The van der Waals surface area contributed by atoms with E-state index in [0.717, 1.165) is 22.2 Å². The molecule has 2 heterocycles. The molecule has 2 aromatic heterocycles. The summed E-state index contributed by atoms with van der Waals surface area (Å²) in [4.78, 5) is 15.7. The third-order valence-electron chi connectivity index (χ3n) is 4.45. The van der Waals surface area contributed by atoms with Crippen LogP contribution in [0.5, 0.6) is 0 Å². The van der Waals surface area contributed by atoms with Gasteiger partial charge in [-0.05, 0) is 67.5 Å². The van der Waals surface area contributed by atoms with Crippen LogP contribution in [0, 0.1) is 13.8 Å². The number of nitrogens with zero attached hydrogens (tertiary/aromatic N) is 1. The lowest BCUT2D eigenvalue weighted by molar-refractivity contribution is 0.974. The van der Waals surface area contributed by atoms with E-state index < -0.39 is 0 Å². The molecule has 4 nitrogen and oxygen atoms in total. The highest BCUT2D eigenvalue weighted by molar-refractivity contribution is 5.87. The van der Waals surface area contributed by atoms with Gasteiger partial charge in [0, 0.05) is 16.5 Å². The average molecular weight is 327 g/mol. The molecule has 0 unspecified atom stereocenters. The quantitative estimate of drug-likeness (QED) is 0.693. The Balaban J connectivity index is 1.85. The Kier molecular flexibility index (Phi) is 3.60. The highest BCUT2D eigenvalue weighted by Crippen LogP contribution is 2.26. The lowest BCUT2D eigenvalue weighted by atomic mass is 10.1. The summed E-state index contributed by atoms with van der Waals surface area (Å²) in [5.74, 6) is 0. The monoisotopic (exact) mass is 327 g/mol. The molecule has 3 aromatic rings. The van der Waals surface area contributed by atoms with Crippen LogP contribution in [0.25, 0.3) is 27.7 Å². The van der Waals surface area contributed by atoms with E-state index in [4.69, 9.17) is 0 Å². The highest BCUT2D eigenvalue weighted by atomic mass is 16.1. The van der Waals surface area contributed by atoms with Gasteiger partial charge in [0.1, 0.15) is 0 Å². The molecule has 0 saturated carbocycles. The Labute approximate surface area is 144 Å². The van der Waals surface area contributed by atoms with Crippen molar-refractivity contribution < 1.29 is 0 Å².